The van der Waals surface area contributed by atoms with Gasteiger partial charge in [-0.1, -0.05) is 57.9 Å². The van der Waals surface area contributed by atoms with Gasteiger partial charge in [0, 0.05) is 63.1 Å². The zero-order chi connectivity index (χ0) is 64.2. The zero-order valence-corrected chi connectivity index (χ0v) is 52.6. The van der Waals surface area contributed by atoms with Crippen LogP contribution in [0.15, 0.2) is 54.7 Å². The number of nitrogens with two attached hydrogens (primary N) is 2. The average Bonchev–Trinajstić information content (AvgIpc) is 1.46. The highest BCUT2D eigenvalue weighted by molar-refractivity contribution is 5.98. The molecule has 492 valence electrons. The van der Waals surface area contributed by atoms with Crippen molar-refractivity contribution in [2.45, 2.75) is 123 Å². The Morgan fingerprint density at radius 3 is 2.13 bits per heavy atom. The number of carbonyl (C=O) groups excluding carboxylic acids is 6. The molecule has 0 radical (unpaired) electrons. The summed E-state index contributed by atoms with van der Waals surface area (Å²) in [5.74, 6) is -0.139. The van der Waals surface area contributed by atoms with Gasteiger partial charge in [0.05, 0.1) is 91.8 Å². The van der Waals surface area contributed by atoms with Crippen LogP contribution in [0.3, 0.4) is 0 Å². The van der Waals surface area contributed by atoms with Gasteiger partial charge in [-0.15, -0.1) is 0 Å². The molecule has 89 heavy (non-hydrogen) atoms. The average molecular weight is 1250 g/mol. The number of fused-ring (bicyclic) bond motifs is 1. The van der Waals surface area contributed by atoms with Crippen molar-refractivity contribution in [3.63, 3.8) is 0 Å². The Kier molecular flexibility index (Phi) is 28.6. The van der Waals surface area contributed by atoms with E-state index in [1.807, 2.05) is 12.3 Å². The van der Waals surface area contributed by atoms with E-state index in [9.17, 15) is 28.8 Å². The number of urea groups is 1. The number of benzene rings is 2. The minimum atomic E-state index is -1.05. The predicted octanol–water partition coefficient (Wildman–Crippen LogP) is 4.82. The monoisotopic (exact) mass is 1250 g/mol. The second kappa shape index (κ2) is 36.2. The fourth-order valence-electron chi connectivity index (χ4n) is 9.91. The van der Waals surface area contributed by atoms with Crippen LogP contribution in [0.25, 0.3) is 11.0 Å². The van der Waals surface area contributed by atoms with E-state index in [0.29, 0.717) is 95.8 Å². The Labute approximate surface area is 520 Å². The normalized spacial score (nSPS) is 14.6. The number of aromatic nitrogens is 3. The number of amides is 7. The number of likely N-dealkylation sites (tertiary alicyclic amines) is 1. The summed E-state index contributed by atoms with van der Waals surface area (Å²) in [5, 5.41) is 14.3. The highest BCUT2D eigenvalue weighted by atomic mass is 16.7. The van der Waals surface area contributed by atoms with E-state index >= 15 is 0 Å². The molecule has 0 saturated carbocycles. The first-order valence-electron chi connectivity index (χ1n) is 30.5. The van der Waals surface area contributed by atoms with Crippen molar-refractivity contribution < 1.29 is 71.5 Å². The third-order valence-corrected chi connectivity index (χ3v) is 14.3. The molecule has 4 heterocycles. The Hall–Kier alpha value is -7.60. The molecule has 28 heteroatoms. The van der Waals surface area contributed by atoms with E-state index in [0.717, 1.165) is 53.7 Å². The minimum Gasteiger partial charge on any atom is -0.496 e. The highest BCUT2D eigenvalue weighted by Gasteiger charge is 2.48. The molecule has 2 aliphatic rings. The number of hydroxylamine groups is 1. The number of nitrogens with zero attached hydrogens (tertiary/aromatic N) is 5. The summed E-state index contributed by atoms with van der Waals surface area (Å²) in [7, 11) is 1.67. The van der Waals surface area contributed by atoms with E-state index in [2.05, 4.69) is 76.6 Å². The van der Waals surface area contributed by atoms with Gasteiger partial charge in [-0.2, -0.15) is 10.5 Å². The lowest BCUT2D eigenvalue weighted by molar-refractivity contribution is -0.181. The van der Waals surface area contributed by atoms with Crippen molar-refractivity contribution in [1.82, 2.24) is 45.8 Å². The quantitative estimate of drug-likeness (QED) is 0.0220. The predicted molar refractivity (Wildman–Crippen MR) is 332 cm³/mol. The smallest absolute Gasteiger partial charge is 0.431 e. The number of nitrogens with one attached hydrogen (secondary N) is 6. The largest absolute Gasteiger partial charge is 0.496 e. The number of primary amides is 1. The third kappa shape index (κ3) is 24.4. The summed E-state index contributed by atoms with van der Waals surface area (Å²) in [5.41, 5.74) is 17.2. The minimum absolute atomic E-state index is 0.0104. The maximum absolute atomic E-state index is 13.8. The van der Waals surface area contributed by atoms with Crippen molar-refractivity contribution in [1.29, 1.82) is 0 Å². The summed E-state index contributed by atoms with van der Waals surface area (Å²) in [6, 6.07) is 12.2. The number of rotatable bonds is 38. The van der Waals surface area contributed by atoms with Crippen LogP contribution >= 0.6 is 0 Å². The first kappa shape index (κ1) is 70.5. The van der Waals surface area contributed by atoms with Crippen LogP contribution in [0.1, 0.15) is 96.8 Å². The molecule has 1 spiro atoms. The molecule has 2 saturated heterocycles. The SMILES string of the molecule is CCCCCNc1nc(N)nc2ccn(Cc3ccc(CN4CC5(C4)CN(C(=O)OCc4ccc(NC(=O)[C@H](CCCNC(N)=O)NC(=O)[C@@H](NC(=O)CCOCCOCCOCCOCCONC(=O)OC(C)(C)C)C(C)C)cc4)CCO5)cc3OC)c12. The van der Waals surface area contributed by atoms with Crippen LogP contribution in [0.4, 0.5) is 31.8 Å². The topological polar surface area (TPSA) is 347 Å². The van der Waals surface area contributed by atoms with Gasteiger partial charge in [0.25, 0.3) is 0 Å². The van der Waals surface area contributed by atoms with Crippen LogP contribution < -0.4 is 48.3 Å². The fourth-order valence-corrected chi connectivity index (χ4v) is 9.91. The highest BCUT2D eigenvalue weighted by Crippen LogP contribution is 2.33. The number of ether oxygens (including phenoxy) is 8. The maximum atomic E-state index is 13.8. The molecule has 2 aromatic heterocycles. The Morgan fingerprint density at radius 2 is 1.47 bits per heavy atom. The van der Waals surface area contributed by atoms with Gasteiger partial charge in [0.15, 0.2) is 5.82 Å². The van der Waals surface area contributed by atoms with Crippen molar-refractivity contribution >= 4 is 64.4 Å². The van der Waals surface area contributed by atoms with Crippen molar-refractivity contribution in [2.24, 2.45) is 11.7 Å². The number of anilines is 3. The number of methoxy groups -OCH3 is 1. The molecule has 0 bridgehead atoms. The van der Waals surface area contributed by atoms with Gasteiger partial charge in [-0.05, 0) is 81.3 Å². The molecule has 0 unspecified atom stereocenters. The maximum Gasteiger partial charge on any atom is 0.431 e. The molecular weight excluding hydrogens is 1150 g/mol. The molecule has 2 aromatic carbocycles. The molecule has 10 N–H and O–H groups in total. The molecule has 7 amide bonds. The number of carbonyl (C=O) groups is 6. The van der Waals surface area contributed by atoms with Crippen molar-refractivity contribution in [3.05, 3.63) is 71.4 Å². The first-order valence-corrected chi connectivity index (χ1v) is 30.5. The summed E-state index contributed by atoms with van der Waals surface area (Å²) < 4.78 is 47.0. The lowest BCUT2D eigenvalue weighted by Gasteiger charge is -2.53. The van der Waals surface area contributed by atoms with E-state index in [4.69, 9.17) is 54.2 Å². The van der Waals surface area contributed by atoms with Gasteiger partial charge in [-0.25, -0.2) is 19.4 Å². The number of nitrogen functional groups attached to an aromatic ring is 1. The van der Waals surface area contributed by atoms with Gasteiger partial charge in [0.2, 0.25) is 23.7 Å². The van der Waals surface area contributed by atoms with E-state index in [1.165, 1.54) is 0 Å². The van der Waals surface area contributed by atoms with Gasteiger partial charge < -0.3 is 85.4 Å². The standard InChI is InChI=1S/C61H93N13O15/c1-8-9-10-21-64-53-52-47(68-56(62)70-53)19-23-73(52)37-45-16-13-44(35-49(45)81-7)36-72-39-61(40-72)41-74(24-26-87-61)59(80)86-38-43-14-17-46(18-15-43)66-54(76)48(12-11-22-65-57(63)78)67-55(77)51(42(2)3)69-50(75)20-25-82-27-28-83-29-30-84-31-32-85-33-34-88-71-58(79)89-60(4,5)6/h13-19,23,35,42,48,51H,8-12,20-22,24-34,36-41H2,1-7H3,(H,66,76)(H,67,77)(H,69,75)(H,71,79)(H3,63,65,78)(H3,62,64,68,70)/t48-,51-/m0/s1. The Morgan fingerprint density at radius 1 is 0.787 bits per heavy atom. The Bertz CT molecular complexity index is 2880. The first-order chi connectivity index (χ1) is 42.7. The molecule has 2 aliphatic heterocycles. The number of hydrogen-bond acceptors (Lipinski definition) is 20. The van der Waals surface area contributed by atoms with E-state index < -0.39 is 59.2 Å². The van der Waals surface area contributed by atoms with Crippen LogP contribution in [0.2, 0.25) is 0 Å². The molecular formula is C61H93N13O15. The summed E-state index contributed by atoms with van der Waals surface area (Å²) in [4.78, 5) is 94.7. The van der Waals surface area contributed by atoms with Crippen LogP contribution in [0, 0.1) is 5.92 Å². The lowest BCUT2D eigenvalue weighted by Crippen LogP contribution is -2.70. The summed E-state index contributed by atoms with van der Waals surface area (Å²) in [6.45, 7) is 17.8. The Balaban J connectivity index is 0.880. The molecule has 6 rings (SSSR count). The summed E-state index contributed by atoms with van der Waals surface area (Å²) in [6.07, 6.45) is 4.54. The summed E-state index contributed by atoms with van der Waals surface area (Å²) >= 11 is 0. The van der Waals surface area contributed by atoms with Crippen molar-refractivity contribution in [2.75, 3.05) is 129 Å². The molecule has 2 atom stereocenters. The van der Waals surface area contributed by atoms with Crippen LogP contribution in [-0.4, -0.2) is 196 Å². The lowest BCUT2D eigenvalue weighted by atomic mass is 9.91. The van der Waals surface area contributed by atoms with Crippen molar-refractivity contribution in [3.8, 4) is 5.75 Å². The van der Waals surface area contributed by atoms with Gasteiger partial charge >= 0.3 is 18.2 Å². The van der Waals surface area contributed by atoms with Gasteiger partial charge in [-0.3, -0.25) is 24.1 Å². The second-order valence-electron chi connectivity index (χ2n) is 23.2. The number of morpholine rings is 1. The fraction of sp³-hybridized carbons (Fsp3) is 0.607. The molecule has 4 aromatic rings. The molecule has 28 nitrogen and oxygen atoms in total. The van der Waals surface area contributed by atoms with Gasteiger partial charge in [0.1, 0.15) is 41.2 Å². The van der Waals surface area contributed by atoms with Crippen LogP contribution in [0.5, 0.6) is 5.75 Å². The third-order valence-electron chi connectivity index (χ3n) is 14.3. The zero-order valence-electron chi connectivity index (χ0n) is 52.6. The number of hydrogen-bond donors (Lipinski definition) is 8. The number of unbranched alkanes of at least 4 members (excludes halogenated alkanes) is 2. The molecule has 0 aliphatic carbocycles. The van der Waals surface area contributed by atoms with E-state index in [-0.39, 0.29) is 70.9 Å². The van der Waals surface area contributed by atoms with E-state index in [1.54, 1.807) is 70.9 Å². The second-order valence-corrected chi connectivity index (χ2v) is 23.2. The molecule has 2 fully saturated rings. The van der Waals surface area contributed by atoms with Crippen LogP contribution in [-0.2, 0) is 72.1 Å².